The summed E-state index contributed by atoms with van der Waals surface area (Å²) in [4.78, 5) is 0. The van der Waals surface area contributed by atoms with Crippen LogP contribution in [-0.4, -0.2) is 22.9 Å². The Morgan fingerprint density at radius 1 is 1.50 bits per heavy atom. The molecule has 0 aliphatic rings. The number of nitrogens with one attached hydrogen (secondary N) is 1. The van der Waals surface area contributed by atoms with Crippen molar-refractivity contribution < 1.29 is 0 Å². The lowest BCUT2D eigenvalue weighted by atomic mass is 10.3. The highest BCUT2D eigenvalue weighted by molar-refractivity contribution is 6.31. The van der Waals surface area contributed by atoms with Gasteiger partial charge in [0.15, 0.2) is 0 Å². The van der Waals surface area contributed by atoms with Crippen molar-refractivity contribution in [2.45, 2.75) is 33.7 Å². The molecule has 14 heavy (non-hydrogen) atoms. The number of aromatic nitrogens is 2. The maximum Gasteiger partial charge on any atom is 0.0844 e. The molecular weight excluding hydrogens is 198 g/mol. The largest absolute Gasteiger partial charge is 0.315 e. The molecule has 1 heterocycles. The molecule has 1 aromatic rings. The van der Waals surface area contributed by atoms with Crippen LogP contribution in [0.1, 0.15) is 31.3 Å². The standard InChI is InChI=1S/C10H18ClN3/c1-5-12-6-7(2)14-9(4)10(11)8(3)13-14/h7,12H,5-6H2,1-4H3. The van der Waals surface area contributed by atoms with Gasteiger partial charge in [0.2, 0.25) is 0 Å². The van der Waals surface area contributed by atoms with E-state index < -0.39 is 0 Å². The Kier molecular flexibility index (Phi) is 3.96. The van der Waals surface area contributed by atoms with E-state index in [9.17, 15) is 0 Å². The molecule has 0 saturated carbocycles. The summed E-state index contributed by atoms with van der Waals surface area (Å²) in [5.74, 6) is 0. The molecule has 0 radical (unpaired) electrons. The predicted octanol–water partition coefficient (Wildman–Crippen LogP) is 2.32. The number of hydrogen-bond acceptors (Lipinski definition) is 2. The van der Waals surface area contributed by atoms with Crippen molar-refractivity contribution in [2.75, 3.05) is 13.1 Å². The first-order valence-electron chi connectivity index (χ1n) is 4.99. The third-order valence-corrected chi connectivity index (χ3v) is 2.89. The van der Waals surface area contributed by atoms with Gasteiger partial charge in [0.25, 0.3) is 0 Å². The summed E-state index contributed by atoms with van der Waals surface area (Å²) in [6.45, 7) is 10.1. The van der Waals surface area contributed by atoms with Gasteiger partial charge in [0.1, 0.15) is 0 Å². The SMILES string of the molecule is CCNCC(C)n1nc(C)c(Cl)c1C. The minimum Gasteiger partial charge on any atom is -0.315 e. The first-order chi connectivity index (χ1) is 6.57. The van der Waals surface area contributed by atoms with Crippen LogP contribution < -0.4 is 5.32 Å². The van der Waals surface area contributed by atoms with E-state index in [4.69, 9.17) is 11.6 Å². The maximum absolute atomic E-state index is 6.07. The maximum atomic E-state index is 6.07. The van der Waals surface area contributed by atoms with E-state index >= 15 is 0 Å². The summed E-state index contributed by atoms with van der Waals surface area (Å²) in [6.07, 6.45) is 0. The Hall–Kier alpha value is -0.540. The number of rotatable bonds is 4. The van der Waals surface area contributed by atoms with E-state index in [1.165, 1.54) is 0 Å². The normalized spacial score (nSPS) is 13.2. The fourth-order valence-electron chi connectivity index (χ4n) is 1.51. The minimum atomic E-state index is 0.348. The van der Waals surface area contributed by atoms with Gasteiger partial charge in [0, 0.05) is 6.54 Å². The van der Waals surface area contributed by atoms with Gasteiger partial charge in [-0.3, -0.25) is 4.68 Å². The average Bonchev–Trinajstić information content (AvgIpc) is 2.42. The summed E-state index contributed by atoms with van der Waals surface area (Å²) in [6, 6.07) is 0.348. The van der Waals surface area contributed by atoms with Crippen LogP contribution in [0, 0.1) is 13.8 Å². The summed E-state index contributed by atoms with van der Waals surface area (Å²) in [5.41, 5.74) is 1.96. The second-order valence-electron chi connectivity index (χ2n) is 3.59. The Bertz CT molecular complexity index is 307. The molecule has 80 valence electrons. The van der Waals surface area contributed by atoms with E-state index in [1.54, 1.807) is 0 Å². The molecule has 1 atom stereocenters. The van der Waals surface area contributed by atoms with Gasteiger partial charge in [-0.25, -0.2) is 0 Å². The number of halogens is 1. The van der Waals surface area contributed by atoms with Gasteiger partial charge in [-0.05, 0) is 27.3 Å². The molecule has 1 aromatic heterocycles. The Morgan fingerprint density at radius 2 is 2.14 bits per heavy atom. The molecule has 1 N–H and O–H groups in total. The molecule has 1 unspecified atom stereocenters. The van der Waals surface area contributed by atoms with E-state index in [0.717, 1.165) is 29.5 Å². The minimum absolute atomic E-state index is 0.348. The quantitative estimate of drug-likeness (QED) is 0.836. The van der Waals surface area contributed by atoms with Gasteiger partial charge in [-0.2, -0.15) is 5.10 Å². The third kappa shape index (κ3) is 2.28. The smallest absolute Gasteiger partial charge is 0.0844 e. The van der Waals surface area contributed by atoms with Crippen molar-refractivity contribution in [1.82, 2.24) is 15.1 Å². The van der Waals surface area contributed by atoms with Crippen molar-refractivity contribution >= 4 is 11.6 Å². The summed E-state index contributed by atoms with van der Waals surface area (Å²) in [7, 11) is 0. The van der Waals surface area contributed by atoms with Crippen molar-refractivity contribution in [3.8, 4) is 0 Å². The molecule has 0 saturated heterocycles. The van der Waals surface area contributed by atoms with E-state index in [1.807, 2.05) is 18.5 Å². The number of nitrogens with zero attached hydrogens (tertiary/aromatic N) is 2. The first kappa shape index (κ1) is 11.5. The van der Waals surface area contributed by atoms with Gasteiger partial charge >= 0.3 is 0 Å². The van der Waals surface area contributed by atoms with Gasteiger partial charge in [-0.15, -0.1) is 0 Å². The highest BCUT2D eigenvalue weighted by Crippen LogP contribution is 2.21. The molecule has 0 aliphatic heterocycles. The monoisotopic (exact) mass is 215 g/mol. The van der Waals surface area contributed by atoms with Crippen molar-refractivity contribution in [3.05, 3.63) is 16.4 Å². The fourth-order valence-corrected chi connectivity index (χ4v) is 1.64. The molecule has 3 nitrogen and oxygen atoms in total. The van der Waals surface area contributed by atoms with Crippen LogP contribution in [0.3, 0.4) is 0 Å². The van der Waals surface area contributed by atoms with Crippen molar-refractivity contribution in [1.29, 1.82) is 0 Å². The molecular formula is C10H18ClN3. The summed E-state index contributed by atoms with van der Waals surface area (Å²) in [5, 5.41) is 8.49. The molecule has 0 spiro atoms. The lowest BCUT2D eigenvalue weighted by molar-refractivity contribution is 0.449. The van der Waals surface area contributed by atoms with Gasteiger partial charge in [-0.1, -0.05) is 18.5 Å². The lowest BCUT2D eigenvalue weighted by Crippen LogP contribution is -2.24. The molecule has 0 amide bonds. The number of likely N-dealkylation sites (N-methyl/N-ethyl adjacent to an activating group) is 1. The average molecular weight is 216 g/mol. The topological polar surface area (TPSA) is 29.9 Å². The van der Waals surface area contributed by atoms with Crippen LogP contribution in [0.4, 0.5) is 0 Å². The first-order valence-corrected chi connectivity index (χ1v) is 5.37. The third-order valence-electron chi connectivity index (χ3n) is 2.34. The molecule has 0 aliphatic carbocycles. The van der Waals surface area contributed by atoms with Crippen LogP contribution in [-0.2, 0) is 0 Å². The second-order valence-corrected chi connectivity index (χ2v) is 3.96. The predicted molar refractivity (Wildman–Crippen MR) is 60.0 cm³/mol. The van der Waals surface area contributed by atoms with Crippen LogP contribution in [0.15, 0.2) is 0 Å². The molecule has 4 heteroatoms. The summed E-state index contributed by atoms with van der Waals surface area (Å²) < 4.78 is 1.99. The van der Waals surface area contributed by atoms with E-state index in [-0.39, 0.29) is 0 Å². The van der Waals surface area contributed by atoms with Gasteiger partial charge in [0.05, 0.1) is 22.5 Å². The van der Waals surface area contributed by atoms with Crippen LogP contribution in [0.25, 0.3) is 0 Å². The second kappa shape index (κ2) is 4.80. The Labute approximate surface area is 90.4 Å². The van der Waals surface area contributed by atoms with E-state index in [0.29, 0.717) is 6.04 Å². The number of aryl methyl sites for hydroxylation is 1. The van der Waals surface area contributed by atoms with Crippen molar-refractivity contribution in [3.63, 3.8) is 0 Å². The van der Waals surface area contributed by atoms with Crippen molar-refractivity contribution in [2.24, 2.45) is 0 Å². The summed E-state index contributed by atoms with van der Waals surface area (Å²) >= 11 is 6.07. The molecule has 0 fully saturated rings. The zero-order valence-electron chi connectivity index (χ0n) is 9.26. The van der Waals surface area contributed by atoms with Crippen LogP contribution in [0.2, 0.25) is 5.02 Å². The molecule has 1 rings (SSSR count). The number of hydrogen-bond donors (Lipinski definition) is 1. The molecule has 0 aromatic carbocycles. The van der Waals surface area contributed by atoms with Crippen LogP contribution in [0.5, 0.6) is 0 Å². The highest BCUT2D eigenvalue weighted by Gasteiger charge is 2.13. The Balaban J connectivity index is 2.79. The Morgan fingerprint density at radius 3 is 2.57 bits per heavy atom. The lowest BCUT2D eigenvalue weighted by Gasteiger charge is -2.14. The zero-order valence-corrected chi connectivity index (χ0v) is 10.0. The highest BCUT2D eigenvalue weighted by atomic mass is 35.5. The molecule has 0 bridgehead atoms. The zero-order chi connectivity index (χ0) is 10.7. The van der Waals surface area contributed by atoms with Crippen LogP contribution >= 0.6 is 11.6 Å². The van der Waals surface area contributed by atoms with E-state index in [2.05, 4.69) is 24.3 Å². The van der Waals surface area contributed by atoms with Gasteiger partial charge < -0.3 is 5.32 Å². The fraction of sp³-hybridized carbons (Fsp3) is 0.700.